The lowest BCUT2D eigenvalue weighted by Crippen LogP contribution is -2.48. The Morgan fingerprint density at radius 3 is 2.25 bits per heavy atom. The number of Topliss-reactive ketones (excluding diaryl/α,β-unsaturated/α-hetero) is 3. The van der Waals surface area contributed by atoms with Crippen LogP contribution in [-0.2, 0) is 0 Å². The van der Waals surface area contributed by atoms with Crippen LogP contribution in [0, 0.1) is 5.41 Å². The molecule has 2 aliphatic heterocycles. The summed E-state index contributed by atoms with van der Waals surface area (Å²) in [6.07, 6.45) is 3.81. The zero-order valence-electron chi connectivity index (χ0n) is 21.6. The maximum Gasteiger partial charge on any atom is 0.186 e. The molecule has 5 nitrogen and oxygen atoms in total. The second-order valence-corrected chi connectivity index (χ2v) is 10.9. The molecule has 6 heteroatoms. The third-order valence-corrected chi connectivity index (χ3v) is 8.78. The Morgan fingerprint density at radius 2 is 1.55 bits per heavy atom. The van der Waals surface area contributed by atoms with Gasteiger partial charge in [0.1, 0.15) is 17.2 Å². The number of ketones is 3. The number of ether oxygens (including phenoxy) is 1. The Labute approximate surface area is 236 Å². The lowest BCUT2D eigenvalue weighted by molar-refractivity contribution is 0.0666. The third kappa shape index (κ3) is 3.24. The van der Waals surface area contributed by atoms with Crippen molar-refractivity contribution in [3.05, 3.63) is 136 Å². The number of halogens is 1. The van der Waals surface area contributed by atoms with Gasteiger partial charge in [-0.1, -0.05) is 90.5 Å². The van der Waals surface area contributed by atoms with Crippen LogP contribution in [0.3, 0.4) is 0 Å². The predicted octanol–water partition coefficient (Wildman–Crippen LogP) is 6.66. The minimum atomic E-state index is -1.53. The molecule has 0 amide bonds. The summed E-state index contributed by atoms with van der Waals surface area (Å²) in [7, 11) is 1.56. The number of benzene rings is 4. The number of methoxy groups -OCH3 is 1. The van der Waals surface area contributed by atoms with Gasteiger partial charge in [-0.05, 0) is 41.5 Å². The van der Waals surface area contributed by atoms with Crippen molar-refractivity contribution in [2.45, 2.75) is 18.0 Å². The molecule has 1 unspecified atom stereocenters. The first-order valence-corrected chi connectivity index (χ1v) is 13.5. The van der Waals surface area contributed by atoms with E-state index in [1.54, 1.807) is 61.7 Å². The van der Waals surface area contributed by atoms with Crippen LogP contribution in [0.4, 0.5) is 5.69 Å². The van der Waals surface area contributed by atoms with E-state index in [-0.39, 0.29) is 17.3 Å². The van der Waals surface area contributed by atoms with Crippen LogP contribution < -0.4 is 9.64 Å². The van der Waals surface area contributed by atoms with Crippen molar-refractivity contribution in [2.24, 2.45) is 5.41 Å². The van der Waals surface area contributed by atoms with Crippen LogP contribution in [0.25, 0.3) is 6.08 Å². The summed E-state index contributed by atoms with van der Waals surface area (Å²) in [5.74, 6) is -0.893. The molecule has 2 heterocycles. The van der Waals surface area contributed by atoms with Crippen LogP contribution >= 0.6 is 11.6 Å². The Kier molecular flexibility index (Phi) is 5.55. The van der Waals surface area contributed by atoms with Gasteiger partial charge in [0.25, 0.3) is 0 Å². The van der Waals surface area contributed by atoms with Crippen LogP contribution in [0.15, 0.2) is 103 Å². The van der Waals surface area contributed by atoms with Crippen molar-refractivity contribution < 1.29 is 19.1 Å². The first kappa shape index (κ1) is 24.6. The van der Waals surface area contributed by atoms with Gasteiger partial charge < -0.3 is 9.64 Å². The molecule has 0 N–H and O–H groups in total. The van der Waals surface area contributed by atoms with E-state index in [1.807, 2.05) is 59.5 Å². The summed E-state index contributed by atoms with van der Waals surface area (Å²) >= 11 is 6.36. The molecule has 0 saturated carbocycles. The fourth-order valence-corrected chi connectivity index (χ4v) is 7.11. The molecule has 4 aromatic carbocycles. The maximum absolute atomic E-state index is 14.7. The van der Waals surface area contributed by atoms with Crippen LogP contribution in [0.5, 0.6) is 5.75 Å². The topological polar surface area (TPSA) is 63.7 Å². The highest BCUT2D eigenvalue weighted by molar-refractivity contribution is 6.32. The van der Waals surface area contributed by atoms with E-state index in [0.717, 1.165) is 16.8 Å². The van der Waals surface area contributed by atoms with Crippen molar-refractivity contribution in [2.75, 3.05) is 12.0 Å². The largest absolute Gasteiger partial charge is 0.497 e. The van der Waals surface area contributed by atoms with Crippen molar-refractivity contribution >= 4 is 40.7 Å². The Bertz CT molecular complexity index is 1710. The standard InChI is InChI=1S/C34H24ClNO4/c1-40-24-11-7-10-22(19-24)31(37)30-29(20-8-3-2-4-9-20)34(32(38)25-12-5-6-13-26(25)33(34)39)28-17-14-21-18-23(35)15-16-27(21)36(28)30/h2-19,28-30H,1H3/t28?,29-,30+/m0/s1. The second kappa shape index (κ2) is 9.04. The molecule has 3 aliphatic rings. The molecule has 0 aromatic heterocycles. The molecule has 3 atom stereocenters. The summed E-state index contributed by atoms with van der Waals surface area (Å²) in [6, 6.07) is 27.4. The normalized spacial score (nSPS) is 21.8. The maximum atomic E-state index is 14.7. The van der Waals surface area contributed by atoms with Gasteiger partial charge in [0.15, 0.2) is 17.3 Å². The third-order valence-electron chi connectivity index (χ3n) is 8.55. The first-order valence-electron chi connectivity index (χ1n) is 13.1. The first-order chi connectivity index (χ1) is 19.5. The van der Waals surface area contributed by atoms with E-state index in [2.05, 4.69) is 0 Å². The van der Waals surface area contributed by atoms with E-state index >= 15 is 0 Å². The highest BCUT2D eigenvalue weighted by Gasteiger charge is 2.71. The zero-order chi connectivity index (χ0) is 27.6. The highest BCUT2D eigenvalue weighted by atomic mass is 35.5. The molecule has 4 aromatic rings. The Hall–Kier alpha value is -4.48. The van der Waals surface area contributed by atoms with Crippen molar-refractivity contribution in [1.82, 2.24) is 0 Å². The number of hydrogen-bond donors (Lipinski definition) is 0. The zero-order valence-corrected chi connectivity index (χ0v) is 22.3. The van der Waals surface area contributed by atoms with E-state index in [0.29, 0.717) is 27.5 Å². The van der Waals surface area contributed by atoms with Crippen LogP contribution in [0.2, 0.25) is 5.02 Å². The smallest absolute Gasteiger partial charge is 0.186 e. The number of rotatable bonds is 4. The summed E-state index contributed by atoms with van der Waals surface area (Å²) in [5, 5.41) is 0.562. The summed E-state index contributed by atoms with van der Waals surface area (Å²) in [6.45, 7) is 0. The molecule has 1 saturated heterocycles. The second-order valence-electron chi connectivity index (χ2n) is 10.4. The number of hydrogen-bond acceptors (Lipinski definition) is 5. The molecule has 1 spiro atoms. The van der Waals surface area contributed by atoms with Gasteiger partial charge in [-0.15, -0.1) is 0 Å². The van der Waals surface area contributed by atoms with Gasteiger partial charge >= 0.3 is 0 Å². The van der Waals surface area contributed by atoms with E-state index in [9.17, 15) is 14.4 Å². The number of carbonyl (C=O) groups excluding carboxylic acids is 3. The monoisotopic (exact) mass is 545 g/mol. The van der Waals surface area contributed by atoms with E-state index < -0.39 is 23.4 Å². The lowest BCUT2D eigenvalue weighted by atomic mass is 9.64. The Balaban J connectivity index is 1.54. The summed E-state index contributed by atoms with van der Waals surface area (Å²) < 4.78 is 5.43. The molecular formula is C34H24ClNO4. The summed E-state index contributed by atoms with van der Waals surface area (Å²) in [4.78, 5) is 45.9. The summed E-state index contributed by atoms with van der Waals surface area (Å²) in [5.41, 5.74) is 2.06. The van der Waals surface area contributed by atoms with Gasteiger partial charge in [-0.3, -0.25) is 14.4 Å². The minimum Gasteiger partial charge on any atom is -0.497 e. The van der Waals surface area contributed by atoms with Gasteiger partial charge in [0.2, 0.25) is 0 Å². The molecule has 1 aliphatic carbocycles. The van der Waals surface area contributed by atoms with Gasteiger partial charge in [-0.2, -0.15) is 0 Å². The number of fused-ring (bicyclic) bond motifs is 5. The van der Waals surface area contributed by atoms with Crippen LogP contribution in [-0.4, -0.2) is 36.5 Å². The highest BCUT2D eigenvalue weighted by Crippen LogP contribution is 2.61. The van der Waals surface area contributed by atoms with E-state index in [4.69, 9.17) is 16.3 Å². The van der Waals surface area contributed by atoms with Gasteiger partial charge in [0.05, 0.1) is 13.2 Å². The molecule has 7 rings (SSSR count). The molecule has 40 heavy (non-hydrogen) atoms. The molecule has 1 fully saturated rings. The predicted molar refractivity (Wildman–Crippen MR) is 155 cm³/mol. The number of nitrogens with zero attached hydrogens (tertiary/aromatic N) is 1. The molecule has 0 bridgehead atoms. The minimum absolute atomic E-state index is 0.192. The average molecular weight is 546 g/mol. The number of carbonyl (C=O) groups is 3. The molecular weight excluding hydrogens is 522 g/mol. The van der Waals surface area contributed by atoms with Gasteiger partial charge in [-0.25, -0.2) is 0 Å². The molecule has 196 valence electrons. The van der Waals surface area contributed by atoms with Gasteiger partial charge in [0, 0.05) is 33.3 Å². The average Bonchev–Trinajstić information content (AvgIpc) is 3.43. The number of anilines is 1. The van der Waals surface area contributed by atoms with E-state index in [1.165, 1.54) is 0 Å². The van der Waals surface area contributed by atoms with Crippen molar-refractivity contribution in [3.63, 3.8) is 0 Å². The quantitative estimate of drug-likeness (QED) is 0.212. The van der Waals surface area contributed by atoms with Crippen LogP contribution in [0.1, 0.15) is 48.1 Å². The fraction of sp³-hybridized carbons (Fsp3) is 0.147. The SMILES string of the molecule is COc1cccc(C(=O)[C@H]2[C@H](c3ccccc3)C3(C(=O)c4ccccc4C3=O)C3C=Cc4cc(Cl)ccc4N32)c1. The Morgan fingerprint density at radius 1 is 0.850 bits per heavy atom. The fourth-order valence-electron chi connectivity index (χ4n) is 6.93. The van der Waals surface area contributed by atoms with Crippen molar-refractivity contribution in [3.8, 4) is 5.75 Å². The molecule has 0 radical (unpaired) electrons. The lowest BCUT2D eigenvalue weighted by Gasteiger charge is -2.37. The van der Waals surface area contributed by atoms with Crippen molar-refractivity contribution in [1.29, 1.82) is 0 Å².